The predicted octanol–water partition coefficient (Wildman–Crippen LogP) is -0.548. The fraction of sp³-hybridized carbons (Fsp3) is 0.900. The molecular weight excluding hydrogens is 230 g/mol. The SMILES string of the molecule is O=C(NC1(CO)CCC1)C1CCS(=O)(=O)C1. The van der Waals surface area contributed by atoms with E-state index in [1.807, 2.05) is 0 Å². The average Bonchev–Trinajstić information content (AvgIpc) is 2.52. The van der Waals surface area contributed by atoms with Gasteiger partial charge in [-0.3, -0.25) is 4.79 Å². The van der Waals surface area contributed by atoms with Crippen LogP contribution in [0.25, 0.3) is 0 Å². The number of nitrogens with one attached hydrogen (secondary N) is 1. The molecule has 2 N–H and O–H groups in total. The lowest BCUT2D eigenvalue weighted by atomic mass is 9.77. The quantitative estimate of drug-likeness (QED) is 0.701. The molecule has 1 saturated carbocycles. The highest BCUT2D eigenvalue weighted by Crippen LogP contribution is 2.32. The maximum absolute atomic E-state index is 11.8. The van der Waals surface area contributed by atoms with Crippen LogP contribution in [0.15, 0.2) is 0 Å². The third-order valence-corrected chi connectivity index (χ3v) is 5.37. The van der Waals surface area contributed by atoms with E-state index in [9.17, 15) is 18.3 Å². The van der Waals surface area contributed by atoms with E-state index in [2.05, 4.69) is 5.32 Å². The van der Waals surface area contributed by atoms with E-state index in [0.29, 0.717) is 6.42 Å². The van der Waals surface area contributed by atoms with Crippen molar-refractivity contribution in [3.63, 3.8) is 0 Å². The van der Waals surface area contributed by atoms with Gasteiger partial charge in [0, 0.05) is 0 Å². The molecule has 0 radical (unpaired) electrons. The summed E-state index contributed by atoms with van der Waals surface area (Å²) in [6.07, 6.45) is 2.99. The Labute approximate surface area is 95.1 Å². The molecule has 0 aromatic carbocycles. The molecule has 1 amide bonds. The fourth-order valence-electron chi connectivity index (χ4n) is 2.29. The molecular formula is C10H17NO4S. The zero-order valence-electron chi connectivity index (χ0n) is 9.11. The van der Waals surface area contributed by atoms with Crippen molar-refractivity contribution in [2.75, 3.05) is 18.1 Å². The van der Waals surface area contributed by atoms with Crippen molar-refractivity contribution in [1.82, 2.24) is 5.32 Å². The molecule has 0 bridgehead atoms. The molecule has 0 aromatic heterocycles. The first-order valence-electron chi connectivity index (χ1n) is 5.60. The normalized spacial score (nSPS) is 30.7. The minimum absolute atomic E-state index is 0.0413. The monoisotopic (exact) mass is 247 g/mol. The maximum Gasteiger partial charge on any atom is 0.224 e. The molecule has 2 rings (SSSR count). The molecule has 0 aromatic rings. The summed E-state index contributed by atoms with van der Waals surface area (Å²) in [6.45, 7) is -0.0573. The molecule has 1 heterocycles. The van der Waals surface area contributed by atoms with Gasteiger partial charge in [-0.25, -0.2) is 8.42 Å². The fourth-order valence-corrected chi connectivity index (χ4v) is 4.03. The summed E-state index contributed by atoms with van der Waals surface area (Å²) in [5, 5.41) is 12.0. The van der Waals surface area contributed by atoms with Gasteiger partial charge in [0.15, 0.2) is 9.84 Å². The first kappa shape index (κ1) is 11.9. The number of aliphatic hydroxyl groups excluding tert-OH is 1. The molecule has 2 aliphatic rings. The molecule has 1 unspecified atom stereocenters. The van der Waals surface area contributed by atoms with Crippen LogP contribution >= 0.6 is 0 Å². The standard InChI is InChI=1S/C10H17NO4S/c12-7-10(3-1-4-10)11-9(13)8-2-5-16(14,15)6-8/h8,12H,1-7H2,(H,11,13). The van der Waals surface area contributed by atoms with E-state index in [0.717, 1.165) is 19.3 Å². The Morgan fingerprint density at radius 1 is 1.44 bits per heavy atom. The molecule has 1 saturated heterocycles. The lowest BCUT2D eigenvalue weighted by Gasteiger charge is -2.41. The van der Waals surface area contributed by atoms with E-state index in [1.165, 1.54) is 0 Å². The third-order valence-electron chi connectivity index (χ3n) is 3.60. The second-order valence-electron chi connectivity index (χ2n) is 4.88. The first-order chi connectivity index (χ1) is 7.46. The molecule has 1 atom stereocenters. The predicted molar refractivity (Wildman–Crippen MR) is 58.6 cm³/mol. The molecule has 0 spiro atoms. The summed E-state index contributed by atoms with van der Waals surface area (Å²) in [4.78, 5) is 11.8. The van der Waals surface area contributed by atoms with Gasteiger partial charge in [-0.05, 0) is 25.7 Å². The van der Waals surface area contributed by atoms with Gasteiger partial charge in [-0.15, -0.1) is 0 Å². The number of rotatable bonds is 3. The van der Waals surface area contributed by atoms with E-state index < -0.39 is 21.3 Å². The van der Waals surface area contributed by atoms with Crippen LogP contribution in [0.1, 0.15) is 25.7 Å². The van der Waals surface area contributed by atoms with Gasteiger partial charge in [-0.1, -0.05) is 0 Å². The zero-order chi connectivity index (χ0) is 11.8. The summed E-state index contributed by atoms with van der Waals surface area (Å²) in [5.41, 5.74) is -0.469. The van der Waals surface area contributed by atoms with Crippen LogP contribution in [-0.2, 0) is 14.6 Å². The lowest BCUT2D eigenvalue weighted by molar-refractivity contribution is -0.128. The second-order valence-corrected chi connectivity index (χ2v) is 7.11. The van der Waals surface area contributed by atoms with E-state index >= 15 is 0 Å². The second kappa shape index (κ2) is 4.00. The Morgan fingerprint density at radius 3 is 2.50 bits per heavy atom. The number of carbonyl (C=O) groups excluding carboxylic acids is 1. The van der Waals surface area contributed by atoms with Crippen LogP contribution in [0.3, 0.4) is 0 Å². The number of hydrogen-bond acceptors (Lipinski definition) is 4. The van der Waals surface area contributed by atoms with Crippen LogP contribution in [-0.4, -0.2) is 43.1 Å². The van der Waals surface area contributed by atoms with Crippen LogP contribution in [0.4, 0.5) is 0 Å². The number of sulfone groups is 1. The Hall–Kier alpha value is -0.620. The van der Waals surface area contributed by atoms with E-state index in [-0.39, 0.29) is 24.0 Å². The molecule has 1 aliphatic heterocycles. The van der Waals surface area contributed by atoms with Crippen LogP contribution in [0, 0.1) is 5.92 Å². The average molecular weight is 247 g/mol. The highest BCUT2D eigenvalue weighted by Gasteiger charge is 2.41. The number of aliphatic hydroxyl groups is 1. The van der Waals surface area contributed by atoms with Gasteiger partial charge in [0.2, 0.25) is 5.91 Å². The van der Waals surface area contributed by atoms with Crippen LogP contribution in [0.5, 0.6) is 0 Å². The summed E-state index contributed by atoms with van der Waals surface area (Å²) in [5.74, 6) is -0.568. The van der Waals surface area contributed by atoms with E-state index in [1.54, 1.807) is 0 Å². The molecule has 2 fully saturated rings. The molecule has 16 heavy (non-hydrogen) atoms. The Bertz CT molecular complexity index is 380. The zero-order valence-corrected chi connectivity index (χ0v) is 9.92. The molecule has 1 aliphatic carbocycles. The smallest absolute Gasteiger partial charge is 0.224 e. The minimum atomic E-state index is -3.01. The molecule has 92 valence electrons. The largest absolute Gasteiger partial charge is 0.394 e. The van der Waals surface area contributed by atoms with Crippen molar-refractivity contribution in [1.29, 1.82) is 0 Å². The number of amides is 1. The van der Waals surface area contributed by atoms with Gasteiger partial charge in [0.1, 0.15) is 0 Å². The Kier molecular flexibility index (Phi) is 2.96. The summed E-state index contributed by atoms with van der Waals surface area (Å²) >= 11 is 0. The summed E-state index contributed by atoms with van der Waals surface area (Å²) in [6, 6.07) is 0. The molecule has 6 heteroatoms. The minimum Gasteiger partial charge on any atom is -0.394 e. The highest BCUT2D eigenvalue weighted by atomic mass is 32.2. The summed E-state index contributed by atoms with van der Waals surface area (Å²) < 4.78 is 22.5. The van der Waals surface area contributed by atoms with Crippen LogP contribution < -0.4 is 5.32 Å². The van der Waals surface area contributed by atoms with Gasteiger partial charge in [-0.2, -0.15) is 0 Å². The lowest BCUT2D eigenvalue weighted by Crippen LogP contribution is -2.57. The van der Waals surface area contributed by atoms with Crippen molar-refractivity contribution in [2.45, 2.75) is 31.2 Å². The van der Waals surface area contributed by atoms with Crippen molar-refractivity contribution in [3.8, 4) is 0 Å². The van der Waals surface area contributed by atoms with Crippen molar-refractivity contribution in [3.05, 3.63) is 0 Å². The Morgan fingerprint density at radius 2 is 2.12 bits per heavy atom. The van der Waals surface area contributed by atoms with Crippen molar-refractivity contribution in [2.24, 2.45) is 5.92 Å². The van der Waals surface area contributed by atoms with Gasteiger partial charge in [0.05, 0.1) is 29.6 Å². The van der Waals surface area contributed by atoms with Crippen molar-refractivity contribution >= 4 is 15.7 Å². The Balaban J connectivity index is 1.94. The van der Waals surface area contributed by atoms with Gasteiger partial charge < -0.3 is 10.4 Å². The van der Waals surface area contributed by atoms with Crippen LogP contribution in [0.2, 0.25) is 0 Å². The molecule has 5 nitrogen and oxygen atoms in total. The third kappa shape index (κ3) is 2.22. The number of carbonyl (C=O) groups is 1. The van der Waals surface area contributed by atoms with Crippen molar-refractivity contribution < 1.29 is 18.3 Å². The number of hydrogen-bond donors (Lipinski definition) is 2. The van der Waals surface area contributed by atoms with Gasteiger partial charge in [0.25, 0.3) is 0 Å². The highest BCUT2D eigenvalue weighted by molar-refractivity contribution is 7.91. The van der Waals surface area contributed by atoms with E-state index in [4.69, 9.17) is 0 Å². The van der Waals surface area contributed by atoms with Gasteiger partial charge >= 0.3 is 0 Å². The first-order valence-corrected chi connectivity index (χ1v) is 7.42. The summed E-state index contributed by atoms with van der Waals surface area (Å²) in [7, 11) is -3.01. The maximum atomic E-state index is 11.8. The topological polar surface area (TPSA) is 83.5 Å².